The summed E-state index contributed by atoms with van der Waals surface area (Å²) in [7, 11) is 0. The van der Waals surface area contributed by atoms with E-state index in [4.69, 9.17) is 0 Å². The van der Waals surface area contributed by atoms with Crippen LogP contribution in [-0.4, -0.2) is 21.8 Å². The summed E-state index contributed by atoms with van der Waals surface area (Å²) in [4.78, 5) is 8.86. The van der Waals surface area contributed by atoms with E-state index in [1.807, 2.05) is 24.2 Å². The van der Waals surface area contributed by atoms with E-state index in [0.29, 0.717) is 6.04 Å². The number of hydrogen-bond acceptors (Lipinski definition) is 4. The molecule has 0 radical (unpaired) electrons. The quantitative estimate of drug-likeness (QED) is 0.633. The molecule has 0 amide bonds. The zero-order chi connectivity index (χ0) is 12.8. The van der Waals surface area contributed by atoms with Gasteiger partial charge in [-0.25, -0.2) is 9.97 Å². The van der Waals surface area contributed by atoms with Crippen LogP contribution in [0.5, 0.6) is 0 Å². The number of hydrogen-bond donors (Lipinski definition) is 1. The minimum Gasteiger partial charge on any atom is -0.310 e. The van der Waals surface area contributed by atoms with Gasteiger partial charge in [0, 0.05) is 36.3 Å². The highest BCUT2D eigenvalue weighted by atomic mass is 32.2. The Labute approximate surface area is 114 Å². The molecule has 1 aromatic heterocycles. The van der Waals surface area contributed by atoms with Crippen molar-refractivity contribution in [3.8, 4) is 0 Å². The average molecular weight is 265 g/mol. The predicted octanol–water partition coefficient (Wildman–Crippen LogP) is 3.26. The normalized spacial score (nSPS) is 16.6. The van der Waals surface area contributed by atoms with Crippen LogP contribution < -0.4 is 5.32 Å². The van der Waals surface area contributed by atoms with Crippen molar-refractivity contribution in [3.63, 3.8) is 0 Å². The fourth-order valence-corrected chi connectivity index (χ4v) is 3.17. The molecule has 0 aliphatic heterocycles. The van der Waals surface area contributed by atoms with Crippen molar-refractivity contribution in [1.82, 2.24) is 15.3 Å². The van der Waals surface area contributed by atoms with Crippen molar-refractivity contribution in [1.29, 1.82) is 0 Å². The lowest BCUT2D eigenvalue weighted by molar-refractivity contribution is 0.585. The Balaban J connectivity index is 1.76. The summed E-state index contributed by atoms with van der Waals surface area (Å²) in [6.07, 6.45) is 9.49. The van der Waals surface area contributed by atoms with Gasteiger partial charge in [-0.3, -0.25) is 0 Å². The molecule has 1 heterocycles. The molecule has 0 bridgehead atoms. The Hall–Kier alpha value is -0.610. The molecule has 18 heavy (non-hydrogen) atoms. The van der Waals surface area contributed by atoms with Crippen LogP contribution in [0.15, 0.2) is 17.6 Å². The average Bonchev–Trinajstić information content (AvgIpc) is 2.88. The SMILES string of the molecule is CC(C)NCc1cnc(SCC2CCCC2)nc1. The van der Waals surface area contributed by atoms with Crippen molar-refractivity contribution in [2.24, 2.45) is 5.92 Å². The van der Waals surface area contributed by atoms with Crippen LogP contribution in [0.25, 0.3) is 0 Å². The van der Waals surface area contributed by atoms with Gasteiger partial charge < -0.3 is 5.32 Å². The molecule has 0 unspecified atom stereocenters. The van der Waals surface area contributed by atoms with Crippen LogP contribution in [0.4, 0.5) is 0 Å². The monoisotopic (exact) mass is 265 g/mol. The first kappa shape index (κ1) is 13.8. The third-order valence-electron chi connectivity index (χ3n) is 3.32. The smallest absolute Gasteiger partial charge is 0.187 e. The standard InChI is InChI=1S/C14H23N3S/c1-11(2)15-7-13-8-16-14(17-9-13)18-10-12-5-3-4-6-12/h8-9,11-12,15H,3-7,10H2,1-2H3. The van der Waals surface area contributed by atoms with Crippen molar-refractivity contribution in [2.75, 3.05) is 5.75 Å². The number of thioether (sulfide) groups is 1. The topological polar surface area (TPSA) is 37.8 Å². The van der Waals surface area contributed by atoms with Crippen molar-refractivity contribution < 1.29 is 0 Å². The molecule has 0 spiro atoms. The molecule has 0 saturated heterocycles. The first-order valence-corrected chi connectivity index (χ1v) is 7.89. The number of aromatic nitrogens is 2. The summed E-state index contributed by atoms with van der Waals surface area (Å²) in [5, 5.41) is 4.30. The Bertz CT molecular complexity index is 345. The maximum absolute atomic E-state index is 4.43. The second-order valence-corrected chi connectivity index (χ2v) is 6.36. The van der Waals surface area contributed by atoms with Gasteiger partial charge in [0.05, 0.1) is 0 Å². The maximum atomic E-state index is 4.43. The molecule has 2 rings (SSSR count). The molecule has 1 saturated carbocycles. The minimum atomic E-state index is 0.501. The van der Waals surface area contributed by atoms with E-state index in [1.165, 1.54) is 31.4 Å². The van der Waals surface area contributed by atoms with Crippen molar-refractivity contribution in [2.45, 2.75) is 57.3 Å². The molecule has 3 nitrogen and oxygen atoms in total. The second-order valence-electron chi connectivity index (χ2n) is 5.37. The molecule has 1 fully saturated rings. The number of nitrogens with one attached hydrogen (secondary N) is 1. The summed E-state index contributed by atoms with van der Waals surface area (Å²) in [6.45, 7) is 5.14. The van der Waals surface area contributed by atoms with E-state index < -0.39 is 0 Å². The van der Waals surface area contributed by atoms with E-state index in [1.54, 1.807) is 0 Å². The van der Waals surface area contributed by atoms with Gasteiger partial charge in [-0.15, -0.1) is 0 Å². The van der Waals surface area contributed by atoms with Gasteiger partial charge in [-0.05, 0) is 18.8 Å². The predicted molar refractivity (Wildman–Crippen MR) is 76.7 cm³/mol. The largest absolute Gasteiger partial charge is 0.310 e. The van der Waals surface area contributed by atoms with Crippen LogP contribution in [0.1, 0.15) is 45.1 Å². The zero-order valence-electron chi connectivity index (χ0n) is 11.4. The van der Waals surface area contributed by atoms with E-state index in [0.717, 1.165) is 23.2 Å². The molecule has 1 N–H and O–H groups in total. The molecule has 1 aromatic rings. The van der Waals surface area contributed by atoms with Gasteiger partial charge in [-0.2, -0.15) is 0 Å². The van der Waals surface area contributed by atoms with Gasteiger partial charge in [0.2, 0.25) is 0 Å². The molecule has 4 heteroatoms. The van der Waals surface area contributed by atoms with E-state index in [-0.39, 0.29) is 0 Å². The zero-order valence-corrected chi connectivity index (χ0v) is 12.2. The van der Waals surface area contributed by atoms with Gasteiger partial charge in [-0.1, -0.05) is 38.5 Å². The summed E-state index contributed by atoms with van der Waals surface area (Å²) in [6, 6.07) is 0.501. The lowest BCUT2D eigenvalue weighted by Gasteiger charge is -2.09. The van der Waals surface area contributed by atoms with Crippen LogP contribution in [0.3, 0.4) is 0 Å². The van der Waals surface area contributed by atoms with Gasteiger partial charge in [0.1, 0.15) is 0 Å². The number of nitrogens with zero attached hydrogens (tertiary/aromatic N) is 2. The molecular formula is C14H23N3S. The molecular weight excluding hydrogens is 242 g/mol. The Kier molecular flexibility index (Phi) is 5.45. The Morgan fingerprint density at radius 3 is 2.56 bits per heavy atom. The lowest BCUT2D eigenvalue weighted by Crippen LogP contribution is -2.21. The molecule has 1 aliphatic rings. The van der Waals surface area contributed by atoms with E-state index >= 15 is 0 Å². The lowest BCUT2D eigenvalue weighted by atomic mass is 10.1. The summed E-state index contributed by atoms with van der Waals surface area (Å²) in [5.74, 6) is 2.07. The third kappa shape index (κ3) is 4.58. The fraction of sp³-hybridized carbons (Fsp3) is 0.714. The van der Waals surface area contributed by atoms with Gasteiger partial charge in [0.15, 0.2) is 5.16 Å². The van der Waals surface area contributed by atoms with Crippen LogP contribution in [0.2, 0.25) is 0 Å². The highest BCUT2D eigenvalue weighted by Gasteiger charge is 2.15. The maximum Gasteiger partial charge on any atom is 0.187 e. The van der Waals surface area contributed by atoms with Crippen LogP contribution in [-0.2, 0) is 6.54 Å². The molecule has 1 aliphatic carbocycles. The second kappa shape index (κ2) is 7.10. The molecule has 100 valence electrons. The molecule has 0 atom stereocenters. The highest BCUT2D eigenvalue weighted by molar-refractivity contribution is 7.99. The third-order valence-corrected chi connectivity index (χ3v) is 4.43. The highest BCUT2D eigenvalue weighted by Crippen LogP contribution is 2.29. The van der Waals surface area contributed by atoms with E-state index in [2.05, 4.69) is 29.1 Å². The Morgan fingerprint density at radius 1 is 1.28 bits per heavy atom. The van der Waals surface area contributed by atoms with Crippen LogP contribution >= 0.6 is 11.8 Å². The van der Waals surface area contributed by atoms with Crippen molar-refractivity contribution in [3.05, 3.63) is 18.0 Å². The first-order valence-electron chi connectivity index (χ1n) is 6.91. The summed E-state index contributed by atoms with van der Waals surface area (Å²) in [5.41, 5.74) is 1.16. The minimum absolute atomic E-state index is 0.501. The fourth-order valence-electron chi connectivity index (χ4n) is 2.20. The van der Waals surface area contributed by atoms with E-state index in [9.17, 15) is 0 Å². The first-order chi connectivity index (χ1) is 8.74. The van der Waals surface area contributed by atoms with Gasteiger partial charge >= 0.3 is 0 Å². The molecule has 0 aromatic carbocycles. The van der Waals surface area contributed by atoms with Gasteiger partial charge in [0.25, 0.3) is 0 Å². The summed E-state index contributed by atoms with van der Waals surface area (Å²) >= 11 is 1.81. The van der Waals surface area contributed by atoms with Crippen LogP contribution in [0, 0.1) is 5.92 Å². The summed E-state index contributed by atoms with van der Waals surface area (Å²) < 4.78 is 0. The van der Waals surface area contributed by atoms with Crippen molar-refractivity contribution >= 4 is 11.8 Å². The Morgan fingerprint density at radius 2 is 1.94 bits per heavy atom. The number of rotatable bonds is 6.